The summed E-state index contributed by atoms with van der Waals surface area (Å²) < 4.78 is 64.9. The second-order valence-corrected chi connectivity index (χ2v) is 6.17. The molecule has 1 aliphatic rings. The van der Waals surface area contributed by atoms with Gasteiger partial charge in [0.05, 0.1) is 12.5 Å². The predicted molar refractivity (Wildman–Crippen MR) is 102 cm³/mol. The van der Waals surface area contributed by atoms with Crippen LogP contribution in [0.5, 0.6) is 0 Å². The van der Waals surface area contributed by atoms with E-state index in [-0.39, 0.29) is 55.0 Å². The Morgan fingerprint density at radius 1 is 1.15 bits per heavy atom. The average Bonchev–Trinajstić information content (AvgIpc) is 2.55. The summed E-state index contributed by atoms with van der Waals surface area (Å²) in [7, 11) is 0. The fourth-order valence-electron chi connectivity index (χ4n) is 2.91. The van der Waals surface area contributed by atoms with Gasteiger partial charge in [0.2, 0.25) is 0 Å². The minimum atomic E-state index is -4.14. The van der Waals surface area contributed by atoms with Crippen molar-refractivity contribution >= 4 is 29.9 Å². The fraction of sp³-hybridized carbons (Fsp3) is 0.588. The van der Waals surface area contributed by atoms with Crippen LogP contribution in [0.15, 0.2) is 23.2 Å². The van der Waals surface area contributed by atoms with E-state index in [0.717, 1.165) is 18.2 Å². The molecule has 0 amide bonds. The number of hydrogen-bond acceptors (Lipinski definition) is 1. The van der Waals surface area contributed by atoms with Crippen molar-refractivity contribution in [1.29, 1.82) is 0 Å². The first-order chi connectivity index (χ1) is 11.8. The Morgan fingerprint density at radius 2 is 1.81 bits per heavy atom. The zero-order chi connectivity index (χ0) is 18.4. The molecule has 0 aromatic heterocycles. The monoisotopic (exact) mass is 491 g/mol. The van der Waals surface area contributed by atoms with Gasteiger partial charge in [0.15, 0.2) is 5.96 Å². The van der Waals surface area contributed by atoms with Crippen LogP contribution in [0.4, 0.5) is 22.0 Å². The topological polar surface area (TPSA) is 36.4 Å². The summed E-state index contributed by atoms with van der Waals surface area (Å²) in [6.45, 7) is 2.34. The van der Waals surface area contributed by atoms with Crippen LogP contribution in [-0.4, -0.2) is 24.7 Å². The molecule has 0 saturated heterocycles. The maximum absolute atomic E-state index is 13.6. The van der Waals surface area contributed by atoms with Crippen molar-refractivity contribution in [3.8, 4) is 0 Å². The van der Waals surface area contributed by atoms with Crippen molar-refractivity contribution in [3.05, 3.63) is 35.4 Å². The molecule has 2 rings (SSSR count). The quantitative estimate of drug-likeness (QED) is 0.276. The highest BCUT2D eigenvalue weighted by molar-refractivity contribution is 14.0. The maximum Gasteiger partial charge on any atom is 0.391 e. The van der Waals surface area contributed by atoms with Gasteiger partial charge in [0, 0.05) is 18.2 Å². The lowest BCUT2D eigenvalue weighted by Gasteiger charge is -2.31. The molecule has 3 nitrogen and oxygen atoms in total. The Hall–Kier alpha value is -1.13. The van der Waals surface area contributed by atoms with Crippen molar-refractivity contribution in [2.24, 2.45) is 10.9 Å². The Bertz CT molecular complexity index is 599. The number of guanidine groups is 1. The Balaban J connectivity index is 0.00000338. The number of nitrogens with zero attached hydrogens (tertiary/aromatic N) is 1. The maximum atomic E-state index is 13.6. The molecule has 1 saturated carbocycles. The number of rotatable bonds is 4. The Labute approximate surface area is 166 Å². The molecule has 0 radical (unpaired) electrons. The molecule has 1 aromatic rings. The van der Waals surface area contributed by atoms with Crippen LogP contribution in [0.2, 0.25) is 0 Å². The van der Waals surface area contributed by atoms with Gasteiger partial charge < -0.3 is 10.6 Å². The number of alkyl halides is 3. The zero-order valence-electron chi connectivity index (χ0n) is 14.4. The van der Waals surface area contributed by atoms with Crippen molar-refractivity contribution in [2.45, 2.75) is 51.4 Å². The highest BCUT2D eigenvalue weighted by atomic mass is 127. The standard InChI is InChI=1S/C17H22F5N3.HI/c1-2-23-16(24-10-11-9-13(18)5-8-15(11)19)25-14-6-3-12(4-7-14)17(20,21)22;/h5,8-9,12,14H,2-4,6-7,10H2,1H3,(H2,23,24,25);1H. The van der Waals surface area contributed by atoms with Crippen LogP contribution in [-0.2, 0) is 6.54 Å². The van der Waals surface area contributed by atoms with Crippen molar-refractivity contribution in [2.75, 3.05) is 6.54 Å². The molecule has 0 spiro atoms. The van der Waals surface area contributed by atoms with Gasteiger partial charge in [0.1, 0.15) is 11.6 Å². The predicted octanol–water partition coefficient (Wildman–Crippen LogP) is 4.76. The van der Waals surface area contributed by atoms with E-state index in [1.807, 2.05) is 6.92 Å². The van der Waals surface area contributed by atoms with Crippen molar-refractivity contribution < 1.29 is 22.0 Å². The number of aliphatic imine (C=N–C) groups is 1. The lowest BCUT2D eigenvalue weighted by Crippen LogP contribution is -2.45. The van der Waals surface area contributed by atoms with Crippen molar-refractivity contribution in [1.82, 2.24) is 10.6 Å². The molecule has 0 heterocycles. The van der Waals surface area contributed by atoms with E-state index in [1.54, 1.807) is 0 Å². The third kappa shape index (κ3) is 6.88. The van der Waals surface area contributed by atoms with Gasteiger partial charge >= 0.3 is 6.18 Å². The highest BCUT2D eigenvalue weighted by Crippen LogP contribution is 2.37. The summed E-state index contributed by atoms with van der Waals surface area (Å²) in [5.41, 5.74) is 0.123. The SMILES string of the molecule is CCNC(=NCc1cc(F)ccc1F)NC1CCC(C(F)(F)F)CC1.I. The van der Waals surface area contributed by atoms with Crippen LogP contribution in [0, 0.1) is 17.6 Å². The molecule has 1 aromatic carbocycles. The summed E-state index contributed by atoms with van der Waals surface area (Å²) in [6.07, 6.45) is -3.19. The van der Waals surface area contributed by atoms with E-state index in [4.69, 9.17) is 0 Å². The summed E-state index contributed by atoms with van der Waals surface area (Å²) >= 11 is 0. The van der Waals surface area contributed by atoms with E-state index in [9.17, 15) is 22.0 Å². The summed E-state index contributed by atoms with van der Waals surface area (Å²) in [6, 6.07) is 3.04. The normalized spacial score (nSPS) is 21.1. The van der Waals surface area contributed by atoms with Gasteiger partial charge in [-0.1, -0.05) is 0 Å². The smallest absolute Gasteiger partial charge is 0.357 e. The summed E-state index contributed by atoms with van der Waals surface area (Å²) in [5.74, 6) is -1.95. The highest BCUT2D eigenvalue weighted by Gasteiger charge is 2.41. The second-order valence-electron chi connectivity index (χ2n) is 6.17. The van der Waals surface area contributed by atoms with E-state index in [2.05, 4.69) is 15.6 Å². The molecule has 0 bridgehead atoms. The molecule has 0 aliphatic heterocycles. The Morgan fingerprint density at radius 3 is 2.38 bits per heavy atom. The first kappa shape index (κ1) is 22.9. The van der Waals surface area contributed by atoms with Crippen LogP contribution < -0.4 is 10.6 Å². The number of hydrogen-bond donors (Lipinski definition) is 2. The van der Waals surface area contributed by atoms with E-state index < -0.39 is 23.7 Å². The Kier molecular flexibility index (Phi) is 9.05. The summed E-state index contributed by atoms with van der Waals surface area (Å²) in [4.78, 5) is 4.21. The largest absolute Gasteiger partial charge is 0.391 e. The van der Waals surface area contributed by atoms with Gasteiger partial charge in [0.25, 0.3) is 0 Å². The molecule has 9 heteroatoms. The first-order valence-electron chi connectivity index (χ1n) is 8.35. The lowest BCUT2D eigenvalue weighted by molar-refractivity contribution is -0.182. The summed E-state index contributed by atoms with van der Waals surface area (Å²) in [5, 5.41) is 6.06. The lowest BCUT2D eigenvalue weighted by atomic mass is 9.85. The molecule has 2 N–H and O–H groups in total. The van der Waals surface area contributed by atoms with Crippen LogP contribution in [0.25, 0.3) is 0 Å². The molecule has 148 valence electrons. The van der Waals surface area contributed by atoms with Crippen molar-refractivity contribution in [3.63, 3.8) is 0 Å². The molecule has 1 aliphatic carbocycles. The molecule has 0 unspecified atom stereocenters. The van der Waals surface area contributed by atoms with E-state index in [0.29, 0.717) is 25.3 Å². The minimum Gasteiger partial charge on any atom is -0.357 e. The second kappa shape index (κ2) is 10.3. The van der Waals surface area contributed by atoms with Crippen LogP contribution in [0.3, 0.4) is 0 Å². The average molecular weight is 491 g/mol. The molecule has 1 fully saturated rings. The van der Waals surface area contributed by atoms with Crippen LogP contribution in [0.1, 0.15) is 38.2 Å². The third-order valence-corrected chi connectivity index (χ3v) is 4.29. The zero-order valence-corrected chi connectivity index (χ0v) is 16.7. The fourth-order valence-corrected chi connectivity index (χ4v) is 2.91. The molecular weight excluding hydrogens is 468 g/mol. The molecular formula is C17H23F5IN3. The van der Waals surface area contributed by atoms with Gasteiger partial charge in [-0.15, -0.1) is 24.0 Å². The third-order valence-electron chi connectivity index (χ3n) is 4.29. The number of benzene rings is 1. The van der Waals surface area contributed by atoms with Crippen LogP contribution >= 0.6 is 24.0 Å². The van der Waals surface area contributed by atoms with Gasteiger partial charge in [-0.25, -0.2) is 13.8 Å². The minimum absolute atomic E-state index is 0. The van der Waals surface area contributed by atoms with E-state index in [1.165, 1.54) is 0 Å². The van der Waals surface area contributed by atoms with Gasteiger partial charge in [-0.3, -0.25) is 0 Å². The molecule has 0 atom stereocenters. The number of halogens is 6. The molecule has 26 heavy (non-hydrogen) atoms. The first-order valence-corrected chi connectivity index (χ1v) is 8.35. The number of nitrogens with one attached hydrogen (secondary N) is 2. The van der Waals surface area contributed by atoms with Gasteiger partial charge in [-0.2, -0.15) is 13.2 Å². The van der Waals surface area contributed by atoms with E-state index >= 15 is 0 Å². The van der Waals surface area contributed by atoms with Gasteiger partial charge in [-0.05, 0) is 50.8 Å².